The minimum Gasteiger partial charge on any atom is -0.351 e. The first-order valence-electron chi connectivity index (χ1n) is 12.4. The molecule has 4 nitrogen and oxygen atoms in total. The van der Waals surface area contributed by atoms with E-state index in [-0.39, 0.29) is 17.9 Å². The summed E-state index contributed by atoms with van der Waals surface area (Å²) in [5.74, 6) is 2.02. The van der Waals surface area contributed by atoms with Crippen molar-refractivity contribution in [3.8, 4) is 0 Å². The molecule has 2 aromatic rings. The number of amides is 2. The molecular formula is C27H34N2O2S. The quantitative estimate of drug-likeness (QED) is 0.554. The van der Waals surface area contributed by atoms with Crippen LogP contribution in [0, 0.1) is 17.8 Å². The fourth-order valence-electron chi connectivity index (χ4n) is 6.32. The number of carbonyl (C=O) groups excluding carboxylic acids is 2. The summed E-state index contributed by atoms with van der Waals surface area (Å²) < 4.78 is 0. The lowest BCUT2D eigenvalue weighted by atomic mass is 9.86. The fourth-order valence-corrected chi connectivity index (χ4v) is 7.14. The van der Waals surface area contributed by atoms with Crippen molar-refractivity contribution in [2.24, 2.45) is 17.8 Å². The van der Waals surface area contributed by atoms with Gasteiger partial charge in [0.2, 0.25) is 11.8 Å². The maximum absolute atomic E-state index is 13.9. The predicted octanol–water partition coefficient (Wildman–Crippen LogP) is 6.10. The summed E-state index contributed by atoms with van der Waals surface area (Å²) in [7, 11) is 0. The van der Waals surface area contributed by atoms with Crippen LogP contribution in [0.4, 0.5) is 5.69 Å². The Labute approximate surface area is 195 Å². The van der Waals surface area contributed by atoms with Gasteiger partial charge < -0.3 is 5.32 Å². The second-order valence-electron chi connectivity index (χ2n) is 10.00. The van der Waals surface area contributed by atoms with Crippen LogP contribution in [-0.2, 0) is 9.59 Å². The van der Waals surface area contributed by atoms with Crippen LogP contribution in [0.1, 0.15) is 75.1 Å². The summed E-state index contributed by atoms with van der Waals surface area (Å²) in [4.78, 5) is 30.3. The minimum absolute atomic E-state index is 0.0375. The summed E-state index contributed by atoms with van der Waals surface area (Å²) >= 11 is 1.56. The number of carbonyl (C=O) groups is 2. The van der Waals surface area contributed by atoms with Gasteiger partial charge >= 0.3 is 0 Å². The number of rotatable bonds is 7. The fraction of sp³-hybridized carbons (Fsp3) is 0.556. The van der Waals surface area contributed by atoms with Crippen LogP contribution < -0.4 is 10.2 Å². The Morgan fingerprint density at radius 1 is 0.969 bits per heavy atom. The lowest BCUT2D eigenvalue weighted by Crippen LogP contribution is -2.47. The van der Waals surface area contributed by atoms with Gasteiger partial charge in [-0.25, -0.2) is 0 Å². The Bertz CT molecular complexity index is 907. The molecule has 170 valence electrons. The highest BCUT2D eigenvalue weighted by atomic mass is 32.1. The van der Waals surface area contributed by atoms with E-state index in [1.54, 1.807) is 16.2 Å². The van der Waals surface area contributed by atoms with Crippen LogP contribution in [0.25, 0.3) is 0 Å². The maximum atomic E-state index is 13.9. The van der Waals surface area contributed by atoms with Crippen molar-refractivity contribution in [2.75, 3.05) is 4.90 Å². The molecule has 3 fully saturated rings. The van der Waals surface area contributed by atoms with E-state index in [4.69, 9.17) is 0 Å². The normalized spacial score (nSPS) is 26.1. The average Bonchev–Trinajstić information content (AvgIpc) is 3.57. The number of hydrogen-bond donors (Lipinski definition) is 1. The van der Waals surface area contributed by atoms with Gasteiger partial charge in [-0.05, 0) is 73.4 Å². The van der Waals surface area contributed by atoms with Crippen LogP contribution in [0.2, 0.25) is 0 Å². The molecule has 0 unspecified atom stereocenters. The highest BCUT2D eigenvalue weighted by molar-refractivity contribution is 7.10. The summed E-state index contributed by atoms with van der Waals surface area (Å²) in [5.41, 5.74) is 0.817. The van der Waals surface area contributed by atoms with Gasteiger partial charge in [-0.15, -0.1) is 11.3 Å². The molecule has 3 aliphatic rings. The van der Waals surface area contributed by atoms with Crippen LogP contribution in [0.5, 0.6) is 0 Å². The number of hydrogen-bond acceptors (Lipinski definition) is 3. The summed E-state index contributed by atoms with van der Waals surface area (Å²) in [6, 6.07) is 13.4. The van der Waals surface area contributed by atoms with Gasteiger partial charge in [0, 0.05) is 23.0 Å². The zero-order chi connectivity index (χ0) is 21.9. The van der Waals surface area contributed by atoms with Gasteiger partial charge in [-0.3, -0.25) is 14.5 Å². The molecular weight excluding hydrogens is 416 g/mol. The first-order valence-corrected chi connectivity index (χ1v) is 13.3. The number of thiophene rings is 1. The lowest BCUT2D eigenvalue weighted by Gasteiger charge is -2.34. The van der Waals surface area contributed by atoms with Crippen molar-refractivity contribution >= 4 is 28.8 Å². The van der Waals surface area contributed by atoms with E-state index >= 15 is 0 Å². The number of para-hydroxylation sites is 1. The molecule has 1 aromatic carbocycles. The maximum Gasteiger partial charge on any atom is 0.248 e. The lowest BCUT2D eigenvalue weighted by molar-refractivity contribution is -0.127. The Hall–Kier alpha value is -2.14. The van der Waals surface area contributed by atoms with Crippen LogP contribution in [-0.4, -0.2) is 17.9 Å². The van der Waals surface area contributed by atoms with Gasteiger partial charge in [-0.1, -0.05) is 49.9 Å². The van der Waals surface area contributed by atoms with Gasteiger partial charge in [0.15, 0.2) is 0 Å². The Balaban J connectivity index is 1.43. The molecule has 5 heteroatoms. The zero-order valence-corrected chi connectivity index (χ0v) is 19.6. The molecule has 0 saturated heterocycles. The Morgan fingerprint density at radius 3 is 2.44 bits per heavy atom. The van der Waals surface area contributed by atoms with Crippen LogP contribution in [0.15, 0.2) is 47.8 Å². The number of nitrogens with one attached hydrogen (secondary N) is 1. The summed E-state index contributed by atoms with van der Waals surface area (Å²) in [6.45, 7) is 0. The topological polar surface area (TPSA) is 49.4 Å². The number of anilines is 1. The second kappa shape index (κ2) is 9.78. The number of fused-ring (bicyclic) bond motifs is 2. The minimum atomic E-state index is -0.606. The van der Waals surface area contributed by atoms with Gasteiger partial charge in [0.05, 0.1) is 0 Å². The molecule has 0 aliphatic heterocycles. The van der Waals surface area contributed by atoms with Gasteiger partial charge in [0.1, 0.15) is 6.04 Å². The standard InChI is InChI=1S/C27H34N2O2S/c30-25(18-21-17-19-13-14-20(21)16-19)29(23-10-5-2-6-11-23)26(24-12-7-15-32-24)27(31)28-22-8-3-1-4-9-22/h2,5-7,10-12,15,19-22,26H,1,3-4,8-9,13-14,16-18H2,(H,28,31)/t19-,20-,21+,26-/m1/s1. The van der Waals surface area contributed by atoms with Crippen LogP contribution >= 0.6 is 11.3 Å². The number of benzene rings is 1. The smallest absolute Gasteiger partial charge is 0.248 e. The molecule has 3 aliphatic carbocycles. The summed E-state index contributed by atoms with van der Waals surface area (Å²) in [6.07, 6.45) is 11.3. The van der Waals surface area contributed by atoms with Gasteiger partial charge in [-0.2, -0.15) is 0 Å². The van der Waals surface area contributed by atoms with Gasteiger partial charge in [0.25, 0.3) is 0 Å². The van der Waals surface area contributed by atoms with Crippen molar-refractivity contribution in [2.45, 2.75) is 76.3 Å². The number of nitrogens with zero attached hydrogens (tertiary/aromatic N) is 1. The zero-order valence-electron chi connectivity index (χ0n) is 18.7. The van der Waals surface area contributed by atoms with E-state index in [1.807, 2.05) is 47.8 Å². The third-order valence-corrected chi connectivity index (χ3v) is 8.82. The predicted molar refractivity (Wildman–Crippen MR) is 130 cm³/mol. The van der Waals surface area contributed by atoms with E-state index < -0.39 is 6.04 Å². The molecule has 1 heterocycles. The highest BCUT2D eigenvalue weighted by Gasteiger charge is 2.42. The molecule has 2 amide bonds. The average molecular weight is 451 g/mol. The van der Waals surface area contributed by atoms with Crippen molar-refractivity contribution in [1.29, 1.82) is 0 Å². The molecule has 5 rings (SSSR count). The SMILES string of the molecule is O=C(NC1CCCCC1)[C@@H](c1cccs1)N(C(=O)C[C@@H]1C[C@@H]2CC[C@@H]1C2)c1ccccc1. The van der Waals surface area contributed by atoms with Crippen molar-refractivity contribution in [3.63, 3.8) is 0 Å². The van der Waals surface area contributed by atoms with E-state index in [9.17, 15) is 9.59 Å². The molecule has 2 bridgehead atoms. The van der Waals surface area contributed by atoms with Crippen LogP contribution in [0.3, 0.4) is 0 Å². The van der Waals surface area contributed by atoms with E-state index in [1.165, 1.54) is 44.9 Å². The van der Waals surface area contributed by atoms with Crippen molar-refractivity contribution < 1.29 is 9.59 Å². The molecule has 1 aromatic heterocycles. The third kappa shape index (κ3) is 4.63. The second-order valence-corrected chi connectivity index (χ2v) is 11.0. The van der Waals surface area contributed by atoms with Crippen molar-refractivity contribution in [3.05, 3.63) is 52.7 Å². The summed E-state index contributed by atoms with van der Waals surface area (Å²) in [5, 5.41) is 5.31. The largest absolute Gasteiger partial charge is 0.351 e. The molecule has 0 spiro atoms. The first-order chi connectivity index (χ1) is 15.7. The Kier molecular flexibility index (Phi) is 6.63. The van der Waals surface area contributed by atoms with Crippen molar-refractivity contribution in [1.82, 2.24) is 5.32 Å². The molecule has 32 heavy (non-hydrogen) atoms. The molecule has 3 saturated carbocycles. The van der Waals surface area contributed by atoms with E-state index in [0.29, 0.717) is 18.3 Å². The highest BCUT2D eigenvalue weighted by Crippen LogP contribution is 2.50. The van der Waals surface area contributed by atoms with E-state index in [0.717, 1.165) is 29.3 Å². The molecule has 1 N–H and O–H groups in total. The third-order valence-electron chi connectivity index (χ3n) is 7.90. The molecule has 4 atom stereocenters. The first kappa shape index (κ1) is 21.7. The van der Waals surface area contributed by atoms with E-state index in [2.05, 4.69) is 5.32 Å². The monoisotopic (exact) mass is 450 g/mol. The Morgan fingerprint density at radius 2 is 1.78 bits per heavy atom. The molecule has 0 radical (unpaired) electrons.